The van der Waals surface area contributed by atoms with Crippen LogP contribution in [0.1, 0.15) is 68.1 Å². The third kappa shape index (κ3) is 10.2. The first-order valence-corrected chi connectivity index (χ1v) is 10.6. The molecule has 0 saturated heterocycles. The molecule has 0 N–H and O–H groups in total. The van der Waals surface area contributed by atoms with E-state index in [1.54, 1.807) is 12.1 Å². The van der Waals surface area contributed by atoms with Gasteiger partial charge >= 0.3 is 0 Å². The highest BCUT2D eigenvalue weighted by atomic mass is 35.5. The number of carbonyl (C=O) groups excluding carboxylic acids is 1. The van der Waals surface area contributed by atoms with Crippen molar-refractivity contribution in [2.45, 2.75) is 57.8 Å². The number of halogens is 1. The van der Waals surface area contributed by atoms with Gasteiger partial charge < -0.3 is 14.2 Å². The number of hydrogen-bond donors (Lipinski definition) is 0. The maximum Gasteiger partial charge on any atom is 0.252 e. The van der Waals surface area contributed by atoms with E-state index in [2.05, 4.69) is 17.8 Å². The van der Waals surface area contributed by atoms with Gasteiger partial charge in [-0.3, -0.25) is 4.79 Å². The highest BCUT2D eigenvalue weighted by Crippen LogP contribution is 2.40. The third-order valence-corrected chi connectivity index (χ3v) is 4.37. The summed E-state index contributed by atoms with van der Waals surface area (Å²) in [6.45, 7) is 1.34. The summed E-state index contributed by atoms with van der Waals surface area (Å²) in [5.74, 6) is 9.14. The minimum atomic E-state index is -0.593. The van der Waals surface area contributed by atoms with Crippen LogP contribution in [-0.2, 0) is 0 Å². The molecule has 0 fully saturated rings. The third-order valence-electron chi connectivity index (χ3n) is 4.16. The molecular weight excluding hydrogens is 400 g/mol. The Morgan fingerprint density at radius 3 is 1.50 bits per heavy atom. The van der Waals surface area contributed by atoms with Crippen molar-refractivity contribution in [2.24, 2.45) is 0 Å². The monoisotopic (exact) mass is 428 g/mol. The number of hydrogen-bond acceptors (Lipinski definition) is 4. The van der Waals surface area contributed by atoms with E-state index in [0.717, 1.165) is 38.5 Å². The summed E-state index contributed by atoms with van der Waals surface area (Å²) >= 11 is 5.71. The summed E-state index contributed by atoms with van der Waals surface area (Å²) in [5, 5.41) is -0.593. The predicted octanol–water partition coefficient (Wildman–Crippen LogP) is 5.61. The van der Waals surface area contributed by atoms with Crippen molar-refractivity contribution in [3.63, 3.8) is 0 Å². The average molecular weight is 429 g/mol. The minimum absolute atomic E-state index is 0.286. The number of rotatable bonds is 16. The fraction of sp³-hybridized carbons (Fsp3) is 0.480. The van der Waals surface area contributed by atoms with Gasteiger partial charge in [0.1, 0.15) is 0 Å². The van der Waals surface area contributed by atoms with Gasteiger partial charge in [-0.1, -0.05) is 0 Å². The molecule has 0 spiro atoms. The van der Waals surface area contributed by atoms with E-state index in [4.69, 9.17) is 45.1 Å². The van der Waals surface area contributed by atoms with Crippen molar-refractivity contribution in [1.82, 2.24) is 0 Å². The zero-order chi connectivity index (χ0) is 22.0. The van der Waals surface area contributed by atoms with E-state index in [9.17, 15) is 4.79 Å². The number of terminal acetylenes is 3. The Balaban J connectivity index is 2.96. The Morgan fingerprint density at radius 2 is 1.13 bits per heavy atom. The van der Waals surface area contributed by atoms with Crippen LogP contribution in [0.3, 0.4) is 0 Å². The average Bonchev–Trinajstić information content (AvgIpc) is 2.74. The fourth-order valence-corrected chi connectivity index (χ4v) is 2.68. The van der Waals surface area contributed by atoms with E-state index >= 15 is 0 Å². The summed E-state index contributed by atoms with van der Waals surface area (Å²) in [4.78, 5) is 11.8. The lowest BCUT2D eigenvalue weighted by Gasteiger charge is -2.18. The van der Waals surface area contributed by atoms with Gasteiger partial charge in [-0.2, -0.15) is 0 Å². The molecule has 30 heavy (non-hydrogen) atoms. The quantitative estimate of drug-likeness (QED) is 0.195. The van der Waals surface area contributed by atoms with Gasteiger partial charge in [-0.05, 0) is 62.3 Å². The second-order valence-corrected chi connectivity index (χ2v) is 6.95. The van der Waals surface area contributed by atoms with Crippen LogP contribution in [-0.4, -0.2) is 25.1 Å². The number of benzene rings is 1. The standard InChI is InChI=1S/C25H29ClO4/c1-4-7-10-13-16-28-22-19-21(25(26)27)20-23(29-17-14-11-8-5-2)24(22)30-18-15-12-9-6-3/h1-3,19-20H,7-18H2. The van der Waals surface area contributed by atoms with E-state index < -0.39 is 5.24 Å². The van der Waals surface area contributed by atoms with Crippen LogP contribution in [0.4, 0.5) is 0 Å². The van der Waals surface area contributed by atoms with Gasteiger partial charge in [-0.25, -0.2) is 0 Å². The molecule has 0 heterocycles. The number of unbranched alkanes of at least 4 members (excludes halogenated alkanes) is 6. The molecule has 0 aliphatic rings. The Kier molecular flexibility index (Phi) is 13.6. The first-order chi connectivity index (χ1) is 14.6. The lowest BCUT2D eigenvalue weighted by Crippen LogP contribution is -2.07. The Labute approximate surface area is 185 Å². The molecule has 0 aliphatic carbocycles. The zero-order valence-corrected chi connectivity index (χ0v) is 18.1. The zero-order valence-electron chi connectivity index (χ0n) is 17.4. The second-order valence-electron chi connectivity index (χ2n) is 6.60. The van der Waals surface area contributed by atoms with Crippen LogP contribution < -0.4 is 14.2 Å². The summed E-state index contributed by atoms with van der Waals surface area (Å²) in [5.41, 5.74) is 0.286. The molecular formula is C25H29ClO4. The van der Waals surface area contributed by atoms with Crippen molar-refractivity contribution < 1.29 is 19.0 Å². The molecule has 0 radical (unpaired) electrons. The molecule has 0 saturated carbocycles. The summed E-state index contributed by atoms with van der Waals surface area (Å²) in [6.07, 6.45) is 22.9. The van der Waals surface area contributed by atoms with E-state index in [0.29, 0.717) is 56.3 Å². The van der Waals surface area contributed by atoms with Crippen molar-refractivity contribution in [1.29, 1.82) is 0 Å². The molecule has 0 atom stereocenters. The maximum absolute atomic E-state index is 11.8. The predicted molar refractivity (Wildman–Crippen MR) is 121 cm³/mol. The van der Waals surface area contributed by atoms with Gasteiger partial charge in [-0.15, -0.1) is 37.0 Å². The highest BCUT2D eigenvalue weighted by molar-refractivity contribution is 6.67. The van der Waals surface area contributed by atoms with E-state index in [1.165, 1.54) is 0 Å². The summed E-state index contributed by atoms with van der Waals surface area (Å²) in [7, 11) is 0. The largest absolute Gasteiger partial charge is 0.490 e. The van der Waals surface area contributed by atoms with Gasteiger partial charge in [0.2, 0.25) is 5.75 Å². The summed E-state index contributed by atoms with van der Waals surface area (Å²) in [6, 6.07) is 3.16. The molecule has 5 heteroatoms. The maximum atomic E-state index is 11.8. The fourth-order valence-electron chi connectivity index (χ4n) is 2.57. The molecule has 0 bridgehead atoms. The van der Waals surface area contributed by atoms with Crippen LogP contribution in [0.25, 0.3) is 0 Å². The molecule has 0 amide bonds. The Bertz CT molecular complexity index is 735. The van der Waals surface area contributed by atoms with Crippen molar-refractivity contribution in [3.05, 3.63) is 17.7 Å². The smallest absolute Gasteiger partial charge is 0.252 e. The van der Waals surface area contributed by atoms with Gasteiger partial charge in [0.25, 0.3) is 5.24 Å². The van der Waals surface area contributed by atoms with Crippen LogP contribution in [0.15, 0.2) is 12.1 Å². The lowest BCUT2D eigenvalue weighted by molar-refractivity contribution is 0.108. The van der Waals surface area contributed by atoms with Crippen molar-refractivity contribution >= 4 is 16.8 Å². The number of carbonyl (C=O) groups is 1. The molecule has 160 valence electrons. The topological polar surface area (TPSA) is 44.8 Å². The number of ether oxygens (including phenoxy) is 3. The molecule has 1 rings (SSSR count). The van der Waals surface area contributed by atoms with Gasteiger partial charge in [0.05, 0.1) is 19.8 Å². The SMILES string of the molecule is C#CCCCCOc1cc(C(=O)Cl)cc(OCCCCC#C)c1OCCCCC#C. The molecule has 0 aromatic heterocycles. The highest BCUT2D eigenvalue weighted by Gasteiger charge is 2.18. The van der Waals surface area contributed by atoms with E-state index in [-0.39, 0.29) is 5.56 Å². The minimum Gasteiger partial charge on any atom is -0.490 e. The normalized spacial score (nSPS) is 9.80. The molecule has 0 aliphatic heterocycles. The molecule has 4 nitrogen and oxygen atoms in total. The van der Waals surface area contributed by atoms with Crippen LogP contribution in [0.5, 0.6) is 17.2 Å². The lowest BCUT2D eigenvalue weighted by atomic mass is 10.2. The van der Waals surface area contributed by atoms with E-state index in [1.807, 2.05) is 0 Å². The molecule has 1 aromatic rings. The van der Waals surface area contributed by atoms with Crippen molar-refractivity contribution in [3.8, 4) is 54.3 Å². The van der Waals surface area contributed by atoms with Crippen LogP contribution >= 0.6 is 11.6 Å². The molecule has 1 aromatic carbocycles. The van der Waals surface area contributed by atoms with Crippen LogP contribution in [0, 0.1) is 37.0 Å². The summed E-state index contributed by atoms with van der Waals surface area (Å²) < 4.78 is 17.8. The van der Waals surface area contributed by atoms with Gasteiger partial charge in [0.15, 0.2) is 11.5 Å². The molecule has 0 unspecified atom stereocenters. The second kappa shape index (κ2) is 16.1. The Hall–Kier alpha value is -2.74. The first-order valence-electron chi connectivity index (χ1n) is 10.2. The Morgan fingerprint density at radius 1 is 0.733 bits per heavy atom. The van der Waals surface area contributed by atoms with Crippen molar-refractivity contribution in [2.75, 3.05) is 19.8 Å². The van der Waals surface area contributed by atoms with Crippen LogP contribution in [0.2, 0.25) is 0 Å². The first kappa shape index (κ1) is 25.3. The van der Waals surface area contributed by atoms with Gasteiger partial charge in [0, 0.05) is 24.8 Å².